The van der Waals surface area contributed by atoms with E-state index < -0.39 is 67.4 Å². The molecule has 8 atom stereocenters. The van der Waals surface area contributed by atoms with Gasteiger partial charge in [0.1, 0.15) is 24.4 Å². The van der Waals surface area contributed by atoms with Crippen LogP contribution in [0.3, 0.4) is 0 Å². The predicted molar refractivity (Wildman–Crippen MR) is 356 cm³/mol. The highest BCUT2D eigenvalue weighted by atomic mass is 16.7. The summed E-state index contributed by atoms with van der Waals surface area (Å²) in [5, 5.41) is 57.2. The van der Waals surface area contributed by atoms with Gasteiger partial charge in [-0.05, 0) is 89.9 Å². The Labute approximate surface area is 522 Å². The van der Waals surface area contributed by atoms with Crippen LogP contribution in [0.1, 0.15) is 335 Å². The fourth-order valence-electron chi connectivity index (χ4n) is 11.2. The number of nitrogens with one attached hydrogen (secondary N) is 1. The van der Waals surface area contributed by atoms with Crippen LogP contribution < -0.4 is 5.32 Å². The summed E-state index contributed by atoms with van der Waals surface area (Å²) in [4.78, 5) is 26.7. The Kier molecular flexibility index (Phi) is 58.2. The van der Waals surface area contributed by atoms with Crippen molar-refractivity contribution in [1.29, 1.82) is 0 Å². The molecule has 0 aromatic rings. The Hall–Kier alpha value is -2.64. The summed E-state index contributed by atoms with van der Waals surface area (Å²) >= 11 is 0. The molecule has 11 nitrogen and oxygen atoms in total. The molecule has 0 spiro atoms. The van der Waals surface area contributed by atoms with Crippen LogP contribution in [0.25, 0.3) is 0 Å². The van der Waals surface area contributed by atoms with Gasteiger partial charge in [-0.1, -0.05) is 300 Å². The van der Waals surface area contributed by atoms with Gasteiger partial charge in [0.25, 0.3) is 0 Å². The van der Waals surface area contributed by atoms with Gasteiger partial charge >= 0.3 is 5.97 Å². The summed E-state index contributed by atoms with van der Waals surface area (Å²) in [6.07, 6.45) is 68.3. The molecule has 0 aromatic heterocycles. The molecule has 8 unspecified atom stereocenters. The van der Waals surface area contributed by atoms with E-state index in [1.165, 1.54) is 218 Å². The third kappa shape index (κ3) is 48.9. The lowest BCUT2D eigenvalue weighted by molar-refractivity contribution is -0.305. The molecule has 1 saturated heterocycles. The van der Waals surface area contributed by atoms with E-state index in [2.05, 4.69) is 74.7 Å². The van der Waals surface area contributed by atoms with Gasteiger partial charge in [-0.2, -0.15) is 0 Å². The molecule has 0 saturated carbocycles. The molecule has 1 heterocycles. The summed E-state index contributed by atoms with van der Waals surface area (Å²) < 4.78 is 17.7. The molecule has 0 aromatic carbocycles. The number of rotatable bonds is 62. The number of hydrogen-bond acceptors (Lipinski definition) is 10. The van der Waals surface area contributed by atoms with Crippen molar-refractivity contribution in [1.82, 2.24) is 5.32 Å². The van der Waals surface area contributed by atoms with Crippen molar-refractivity contribution in [3.63, 3.8) is 0 Å². The predicted octanol–water partition coefficient (Wildman–Crippen LogP) is 18.5. The second-order valence-corrected chi connectivity index (χ2v) is 25.0. The van der Waals surface area contributed by atoms with E-state index in [0.29, 0.717) is 19.3 Å². The van der Waals surface area contributed by atoms with Crippen LogP contribution in [0, 0.1) is 0 Å². The van der Waals surface area contributed by atoms with Crippen molar-refractivity contribution in [2.75, 3.05) is 13.2 Å². The van der Waals surface area contributed by atoms with Crippen molar-refractivity contribution < 1.29 is 49.3 Å². The zero-order valence-corrected chi connectivity index (χ0v) is 55.2. The molecule has 11 heteroatoms. The molecule has 1 rings (SSSR count). The number of hydrogen-bond donors (Lipinski definition) is 6. The minimum Gasteiger partial charge on any atom is -0.454 e. The molecule has 496 valence electrons. The Morgan fingerprint density at radius 1 is 0.459 bits per heavy atom. The van der Waals surface area contributed by atoms with Gasteiger partial charge in [-0.25, -0.2) is 0 Å². The smallest absolute Gasteiger partial charge is 0.306 e. The van der Waals surface area contributed by atoms with Crippen molar-refractivity contribution in [2.24, 2.45) is 0 Å². The number of amides is 1. The SMILES string of the molecule is CCCCC/C=C\C/C=C\CCCCCCCCCCCCCCCC(=O)OC1C(OCC(NC(=O)C(O)CCCCCCCCCCCCCC/C=C\C/C=C\CCCCC)C(O)/C=C/CCCCCCCCCCC)OC(CO)C(O)C1O. The van der Waals surface area contributed by atoms with E-state index in [1.807, 2.05) is 6.08 Å². The van der Waals surface area contributed by atoms with Gasteiger partial charge in [0.05, 0.1) is 25.4 Å². The molecular formula is C74H135NO10. The number of aliphatic hydroxyl groups excluding tert-OH is 5. The number of aliphatic hydroxyl groups is 5. The number of carbonyl (C=O) groups is 2. The summed E-state index contributed by atoms with van der Waals surface area (Å²) in [6, 6.07) is -1.02. The van der Waals surface area contributed by atoms with E-state index in [1.54, 1.807) is 6.08 Å². The minimum atomic E-state index is -1.61. The van der Waals surface area contributed by atoms with Gasteiger partial charge < -0.3 is 45.1 Å². The van der Waals surface area contributed by atoms with Gasteiger partial charge in [0.15, 0.2) is 12.4 Å². The molecule has 85 heavy (non-hydrogen) atoms. The maximum atomic E-state index is 13.5. The average Bonchev–Trinajstić information content (AvgIpc) is 2.90. The van der Waals surface area contributed by atoms with Crippen molar-refractivity contribution >= 4 is 11.9 Å². The van der Waals surface area contributed by atoms with Gasteiger partial charge in [-0.15, -0.1) is 0 Å². The maximum Gasteiger partial charge on any atom is 0.306 e. The number of carbonyl (C=O) groups excluding carboxylic acids is 2. The molecule has 1 amide bonds. The average molecular weight is 1200 g/mol. The first-order valence-corrected chi connectivity index (χ1v) is 36.1. The minimum absolute atomic E-state index is 0.123. The molecule has 0 aliphatic carbocycles. The van der Waals surface area contributed by atoms with Gasteiger partial charge in [-0.3, -0.25) is 9.59 Å². The Morgan fingerprint density at radius 3 is 1.22 bits per heavy atom. The number of ether oxygens (including phenoxy) is 3. The number of unbranched alkanes of at least 4 members (excludes halogenated alkanes) is 40. The summed E-state index contributed by atoms with van der Waals surface area (Å²) in [5.41, 5.74) is 0. The first kappa shape index (κ1) is 80.4. The lowest BCUT2D eigenvalue weighted by Crippen LogP contribution is -2.61. The van der Waals surface area contributed by atoms with Crippen molar-refractivity contribution in [2.45, 2.75) is 384 Å². The first-order chi connectivity index (χ1) is 41.7. The third-order valence-corrected chi connectivity index (χ3v) is 16.9. The van der Waals surface area contributed by atoms with Gasteiger partial charge in [0, 0.05) is 6.42 Å². The van der Waals surface area contributed by atoms with Crippen LogP contribution in [-0.4, -0.2) is 99.6 Å². The highest BCUT2D eigenvalue weighted by Crippen LogP contribution is 2.26. The quantitative estimate of drug-likeness (QED) is 0.0195. The third-order valence-electron chi connectivity index (χ3n) is 16.9. The summed E-state index contributed by atoms with van der Waals surface area (Å²) in [5.74, 6) is -1.19. The van der Waals surface area contributed by atoms with E-state index >= 15 is 0 Å². The molecule has 1 aliphatic rings. The maximum absolute atomic E-state index is 13.5. The lowest BCUT2D eigenvalue weighted by Gasteiger charge is -2.41. The van der Waals surface area contributed by atoms with Crippen LogP contribution in [0.5, 0.6) is 0 Å². The Morgan fingerprint density at radius 2 is 0.812 bits per heavy atom. The monoisotopic (exact) mass is 1200 g/mol. The molecule has 0 radical (unpaired) electrons. The number of esters is 1. The largest absolute Gasteiger partial charge is 0.454 e. The van der Waals surface area contributed by atoms with Gasteiger partial charge in [0.2, 0.25) is 5.91 Å². The summed E-state index contributed by atoms with van der Waals surface area (Å²) in [6.45, 7) is 5.78. The highest BCUT2D eigenvalue weighted by molar-refractivity contribution is 5.80. The van der Waals surface area contributed by atoms with Crippen molar-refractivity contribution in [3.8, 4) is 0 Å². The molecule has 1 aliphatic heterocycles. The lowest BCUT2D eigenvalue weighted by atomic mass is 9.99. The fraction of sp³-hybridized carbons (Fsp3) is 0.838. The number of allylic oxidation sites excluding steroid dienone is 9. The fourth-order valence-corrected chi connectivity index (χ4v) is 11.2. The topological polar surface area (TPSA) is 175 Å². The van der Waals surface area contributed by atoms with E-state index in [0.717, 1.165) is 70.6 Å². The molecule has 0 bridgehead atoms. The van der Waals surface area contributed by atoms with E-state index in [9.17, 15) is 35.1 Å². The van der Waals surface area contributed by atoms with E-state index in [-0.39, 0.29) is 13.0 Å². The first-order valence-electron chi connectivity index (χ1n) is 36.1. The highest BCUT2D eigenvalue weighted by Gasteiger charge is 2.47. The second-order valence-electron chi connectivity index (χ2n) is 25.0. The van der Waals surface area contributed by atoms with Crippen LogP contribution >= 0.6 is 0 Å². The zero-order chi connectivity index (χ0) is 61.7. The van der Waals surface area contributed by atoms with E-state index in [4.69, 9.17) is 14.2 Å². The van der Waals surface area contributed by atoms with Crippen LogP contribution in [-0.2, 0) is 23.8 Å². The molecule has 1 fully saturated rings. The standard InChI is InChI=1S/C74H135NO10/c1-4-7-10-13-16-19-22-24-26-28-30-32-34-36-38-40-42-44-47-50-53-56-59-62-69(79)85-72-71(81)70(80)68(63-76)84-74(72)83-64-65(66(77)60-57-54-51-48-45-21-18-15-12-9-6-3)75-73(82)67(78)61-58-55-52-49-46-43-41-39-37-35-33-31-29-27-25-23-20-17-14-11-8-5-2/h16-17,19-20,24-27,57,60,65-68,70-72,74,76-78,80-81H,4-15,18,21-23,28-56,58-59,61-64H2,1-3H3,(H,75,82)/b19-16-,20-17-,26-24-,27-25-,60-57+. The molecule has 6 N–H and O–H groups in total. The van der Waals surface area contributed by atoms with Crippen molar-refractivity contribution in [3.05, 3.63) is 60.8 Å². The van der Waals surface area contributed by atoms with Crippen LogP contribution in [0.15, 0.2) is 60.8 Å². The summed E-state index contributed by atoms with van der Waals surface area (Å²) in [7, 11) is 0. The van der Waals surface area contributed by atoms with Crippen LogP contribution in [0.4, 0.5) is 0 Å². The molecular weight excluding hydrogens is 1060 g/mol. The Bertz CT molecular complexity index is 1620. The zero-order valence-electron chi connectivity index (χ0n) is 55.2. The van der Waals surface area contributed by atoms with Crippen LogP contribution in [0.2, 0.25) is 0 Å². The Balaban J connectivity index is 2.54. The second kappa shape index (κ2) is 61.6. The normalized spacial score (nSPS) is 18.7.